The molecule has 25 heavy (non-hydrogen) atoms. The highest BCUT2D eigenvalue weighted by Crippen LogP contribution is 2.34. The highest BCUT2D eigenvalue weighted by molar-refractivity contribution is 7.80. The summed E-state index contributed by atoms with van der Waals surface area (Å²) in [4.78, 5) is 14.6. The fourth-order valence-electron chi connectivity index (χ4n) is 2.90. The van der Waals surface area contributed by atoms with Gasteiger partial charge in [-0.2, -0.15) is 0 Å². The van der Waals surface area contributed by atoms with E-state index < -0.39 is 0 Å². The van der Waals surface area contributed by atoms with Crippen molar-refractivity contribution in [2.45, 2.75) is 19.8 Å². The SMILES string of the molecule is C=C(C)CNC(=S)N1CCC(C(=O)Nc2ccc3c(c2)OCO3)CC1. The lowest BCUT2D eigenvalue weighted by molar-refractivity contribution is -0.120. The maximum atomic E-state index is 12.5. The molecule has 2 aliphatic heterocycles. The molecule has 0 saturated carbocycles. The predicted octanol–water partition coefficient (Wildman–Crippen LogP) is 2.52. The van der Waals surface area contributed by atoms with Crippen LogP contribution >= 0.6 is 12.2 Å². The summed E-state index contributed by atoms with van der Waals surface area (Å²) in [5.74, 6) is 1.41. The Morgan fingerprint density at radius 2 is 2.04 bits per heavy atom. The number of carbonyl (C=O) groups is 1. The van der Waals surface area contributed by atoms with Crippen molar-refractivity contribution in [3.05, 3.63) is 30.4 Å². The molecule has 0 aromatic heterocycles. The van der Waals surface area contributed by atoms with Crippen LogP contribution < -0.4 is 20.1 Å². The van der Waals surface area contributed by atoms with Gasteiger partial charge in [-0.1, -0.05) is 12.2 Å². The number of amides is 1. The van der Waals surface area contributed by atoms with Crippen LogP contribution in [0.2, 0.25) is 0 Å². The second kappa shape index (κ2) is 7.74. The molecule has 2 aliphatic rings. The zero-order valence-electron chi connectivity index (χ0n) is 14.3. The third-order valence-electron chi connectivity index (χ3n) is 4.33. The molecule has 134 valence electrons. The molecule has 1 saturated heterocycles. The number of nitrogens with one attached hydrogen (secondary N) is 2. The second-order valence-electron chi connectivity index (χ2n) is 6.43. The van der Waals surface area contributed by atoms with Crippen LogP contribution in [0.15, 0.2) is 30.4 Å². The van der Waals surface area contributed by atoms with E-state index in [0.717, 1.165) is 42.3 Å². The van der Waals surface area contributed by atoms with E-state index in [1.54, 1.807) is 6.07 Å². The van der Waals surface area contributed by atoms with Gasteiger partial charge in [0.15, 0.2) is 16.6 Å². The van der Waals surface area contributed by atoms with Crippen molar-refractivity contribution in [2.24, 2.45) is 5.92 Å². The summed E-state index contributed by atoms with van der Waals surface area (Å²) in [5, 5.41) is 6.90. The molecule has 0 spiro atoms. The van der Waals surface area contributed by atoms with E-state index in [4.69, 9.17) is 21.7 Å². The molecule has 0 aliphatic carbocycles. The van der Waals surface area contributed by atoms with Gasteiger partial charge in [-0.3, -0.25) is 4.79 Å². The van der Waals surface area contributed by atoms with Gasteiger partial charge in [0.25, 0.3) is 0 Å². The Morgan fingerprint density at radius 1 is 1.32 bits per heavy atom. The van der Waals surface area contributed by atoms with E-state index in [1.165, 1.54) is 0 Å². The number of anilines is 1. The molecule has 3 rings (SSSR count). The van der Waals surface area contributed by atoms with Crippen molar-refractivity contribution in [3.8, 4) is 11.5 Å². The van der Waals surface area contributed by atoms with Gasteiger partial charge in [0, 0.05) is 37.3 Å². The number of nitrogens with zero attached hydrogens (tertiary/aromatic N) is 1. The third-order valence-corrected chi connectivity index (χ3v) is 4.74. The molecule has 1 fully saturated rings. The monoisotopic (exact) mass is 361 g/mol. The Bertz CT molecular complexity index is 684. The van der Waals surface area contributed by atoms with Crippen molar-refractivity contribution in [1.29, 1.82) is 0 Å². The summed E-state index contributed by atoms with van der Waals surface area (Å²) >= 11 is 5.39. The lowest BCUT2D eigenvalue weighted by Crippen LogP contribution is -2.46. The van der Waals surface area contributed by atoms with Gasteiger partial charge in [0.1, 0.15) is 0 Å². The molecule has 1 amide bonds. The van der Waals surface area contributed by atoms with E-state index in [2.05, 4.69) is 22.1 Å². The highest BCUT2D eigenvalue weighted by Gasteiger charge is 2.26. The summed E-state index contributed by atoms with van der Waals surface area (Å²) in [6, 6.07) is 5.44. The molecule has 0 bridgehead atoms. The molecule has 0 unspecified atom stereocenters. The third kappa shape index (κ3) is 4.42. The topological polar surface area (TPSA) is 62.8 Å². The molecule has 0 radical (unpaired) electrons. The first-order valence-electron chi connectivity index (χ1n) is 8.40. The first-order chi connectivity index (χ1) is 12.0. The van der Waals surface area contributed by atoms with Gasteiger partial charge in [-0.15, -0.1) is 0 Å². The predicted molar refractivity (Wildman–Crippen MR) is 101 cm³/mol. The van der Waals surface area contributed by atoms with Crippen LogP contribution in [0.4, 0.5) is 5.69 Å². The van der Waals surface area contributed by atoms with Crippen LogP contribution in [-0.4, -0.2) is 42.3 Å². The fourth-order valence-corrected chi connectivity index (χ4v) is 3.16. The van der Waals surface area contributed by atoms with Crippen molar-refractivity contribution in [1.82, 2.24) is 10.2 Å². The first-order valence-corrected chi connectivity index (χ1v) is 8.81. The van der Waals surface area contributed by atoms with Gasteiger partial charge in [-0.25, -0.2) is 0 Å². The smallest absolute Gasteiger partial charge is 0.231 e. The number of hydrogen-bond acceptors (Lipinski definition) is 4. The largest absolute Gasteiger partial charge is 0.454 e. The minimum absolute atomic E-state index is 0.00869. The lowest BCUT2D eigenvalue weighted by atomic mass is 9.96. The molecule has 7 heteroatoms. The Labute approximate surface area is 153 Å². The molecule has 2 heterocycles. The minimum Gasteiger partial charge on any atom is -0.454 e. The fraction of sp³-hybridized carbons (Fsp3) is 0.444. The number of rotatable bonds is 4. The maximum Gasteiger partial charge on any atom is 0.231 e. The first kappa shape index (κ1) is 17.5. The van der Waals surface area contributed by atoms with Crippen LogP contribution in [0.3, 0.4) is 0 Å². The molecule has 1 aromatic carbocycles. The van der Waals surface area contributed by atoms with E-state index >= 15 is 0 Å². The van der Waals surface area contributed by atoms with Crippen LogP contribution in [0.1, 0.15) is 19.8 Å². The maximum absolute atomic E-state index is 12.5. The Hall–Kier alpha value is -2.28. The van der Waals surface area contributed by atoms with Gasteiger partial charge in [0.05, 0.1) is 0 Å². The number of ether oxygens (including phenoxy) is 2. The highest BCUT2D eigenvalue weighted by atomic mass is 32.1. The summed E-state index contributed by atoms with van der Waals surface area (Å²) in [5.41, 5.74) is 1.77. The number of carbonyl (C=O) groups excluding carboxylic acids is 1. The standard InChI is InChI=1S/C18H23N3O3S/c1-12(2)10-19-18(25)21-7-5-13(6-8-21)17(22)20-14-3-4-15-16(9-14)24-11-23-15/h3-4,9,13H,1,5-8,10-11H2,2H3,(H,19,25)(H,20,22). The van der Waals surface area contributed by atoms with Gasteiger partial charge in [-0.05, 0) is 44.1 Å². The minimum atomic E-state index is -0.00869. The molecule has 1 aromatic rings. The molecular weight excluding hydrogens is 338 g/mol. The lowest BCUT2D eigenvalue weighted by Gasteiger charge is -2.33. The Kier molecular flexibility index (Phi) is 5.43. The molecule has 2 N–H and O–H groups in total. The Balaban J connectivity index is 1.48. The van der Waals surface area contributed by atoms with E-state index in [0.29, 0.717) is 18.0 Å². The summed E-state index contributed by atoms with van der Waals surface area (Å²) in [6.45, 7) is 8.29. The van der Waals surface area contributed by atoms with Gasteiger partial charge < -0.3 is 25.0 Å². The average Bonchev–Trinajstić information content (AvgIpc) is 3.07. The number of thiocarbonyl (C=S) groups is 1. The zero-order valence-corrected chi connectivity index (χ0v) is 15.2. The molecule has 6 nitrogen and oxygen atoms in total. The van der Waals surface area contributed by atoms with Crippen molar-refractivity contribution < 1.29 is 14.3 Å². The summed E-state index contributed by atoms with van der Waals surface area (Å²) < 4.78 is 10.6. The van der Waals surface area contributed by atoms with Crippen LogP contribution in [0.25, 0.3) is 0 Å². The number of likely N-dealkylation sites (tertiary alicyclic amines) is 1. The number of piperidine rings is 1. The van der Waals surface area contributed by atoms with Crippen LogP contribution in [0.5, 0.6) is 11.5 Å². The summed E-state index contributed by atoms with van der Waals surface area (Å²) in [6.07, 6.45) is 1.57. The van der Waals surface area contributed by atoms with E-state index in [-0.39, 0.29) is 18.6 Å². The second-order valence-corrected chi connectivity index (χ2v) is 6.82. The number of benzene rings is 1. The van der Waals surface area contributed by atoms with Crippen molar-refractivity contribution in [3.63, 3.8) is 0 Å². The quantitative estimate of drug-likeness (QED) is 0.635. The van der Waals surface area contributed by atoms with Crippen molar-refractivity contribution >= 4 is 28.9 Å². The van der Waals surface area contributed by atoms with Crippen molar-refractivity contribution in [2.75, 3.05) is 31.7 Å². The normalized spacial score (nSPS) is 16.4. The number of fused-ring (bicyclic) bond motifs is 1. The zero-order chi connectivity index (χ0) is 17.8. The number of hydrogen-bond donors (Lipinski definition) is 2. The van der Waals surface area contributed by atoms with Gasteiger partial charge >= 0.3 is 0 Å². The molecule has 0 atom stereocenters. The van der Waals surface area contributed by atoms with E-state index in [9.17, 15) is 4.79 Å². The van der Waals surface area contributed by atoms with Gasteiger partial charge in [0.2, 0.25) is 12.7 Å². The Morgan fingerprint density at radius 3 is 2.76 bits per heavy atom. The van der Waals surface area contributed by atoms with Crippen LogP contribution in [0, 0.1) is 5.92 Å². The summed E-state index contributed by atoms with van der Waals surface area (Å²) in [7, 11) is 0. The average molecular weight is 361 g/mol. The van der Waals surface area contributed by atoms with E-state index in [1.807, 2.05) is 19.1 Å². The van der Waals surface area contributed by atoms with Crippen LogP contribution in [-0.2, 0) is 4.79 Å². The molecular formula is C18H23N3O3S.